The van der Waals surface area contributed by atoms with Crippen LogP contribution in [-0.2, 0) is 6.42 Å². The second-order valence-electron chi connectivity index (χ2n) is 6.25. The van der Waals surface area contributed by atoms with Gasteiger partial charge in [-0.15, -0.1) is 0 Å². The predicted molar refractivity (Wildman–Crippen MR) is 106 cm³/mol. The summed E-state index contributed by atoms with van der Waals surface area (Å²) >= 11 is 0. The largest absolute Gasteiger partial charge is 0.497 e. The van der Waals surface area contributed by atoms with Gasteiger partial charge in [0, 0.05) is 31.4 Å². The first-order valence-corrected chi connectivity index (χ1v) is 9.30. The smallest absolute Gasteiger partial charge is 0.254 e. The third-order valence-electron chi connectivity index (χ3n) is 4.14. The normalized spacial score (nSPS) is 10.4. The highest BCUT2D eigenvalue weighted by atomic mass is 16.5. The number of rotatable bonds is 10. The molecule has 1 N–H and O–H groups in total. The average molecular weight is 355 g/mol. The number of nitrogens with zero attached hydrogens (tertiary/aromatic N) is 2. The highest BCUT2D eigenvalue weighted by Gasteiger charge is 2.14. The maximum Gasteiger partial charge on any atom is 0.254 e. The summed E-state index contributed by atoms with van der Waals surface area (Å²) in [4.78, 5) is 18.9. The van der Waals surface area contributed by atoms with Crippen LogP contribution in [0.5, 0.6) is 5.75 Å². The van der Waals surface area contributed by atoms with Gasteiger partial charge in [-0.3, -0.25) is 4.79 Å². The number of hydrogen-bond acceptors (Lipinski definition) is 4. The van der Waals surface area contributed by atoms with Gasteiger partial charge in [0.1, 0.15) is 11.6 Å². The fourth-order valence-electron chi connectivity index (χ4n) is 2.86. The first-order chi connectivity index (χ1) is 12.7. The average Bonchev–Trinajstić information content (AvgIpc) is 2.67. The summed E-state index contributed by atoms with van der Waals surface area (Å²) in [7, 11) is 1.67. The number of pyridine rings is 1. The molecule has 0 spiro atoms. The second-order valence-corrected chi connectivity index (χ2v) is 6.25. The van der Waals surface area contributed by atoms with E-state index in [0.717, 1.165) is 50.5 Å². The maximum absolute atomic E-state index is 12.7. The number of carbonyl (C=O) groups excluding carboxylic acids is 1. The maximum atomic E-state index is 12.7. The molecule has 2 aromatic rings. The van der Waals surface area contributed by atoms with E-state index in [1.165, 1.54) is 5.56 Å². The lowest BCUT2D eigenvalue weighted by molar-refractivity contribution is 0.0755. The van der Waals surface area contributed by atoms with E-state index in [0.29, 0.717) is 5.56 Å². The van der Waals surface area contributed by atoms with Crippen LogP contribution in [0, 0.1) is 0 Å². The number of aromatic nitrogens is 1. The minimum Gasteiger partial charge on any atom is -0.497 e. The van der Waals surface area contributed by atoms with Crippen molar-refractivity contribution in [3.05, 3.63) is 53.7 Å². The van der Waals surface area contributed by atoms with Gasteiger partial charge in [0.25, 0.3) is 5.91 Å². The molecule has 5 nitrogen and oxygen atoms in total. The van der Waals surface area contributed by atoms with Crippen molar-refractivity contribution in [3.8, 4) is 5.75 Å². The minimum absolute atomic E-state index is 0.0759. The van der Waals surface area contributed by atoms with Crippen molar-refractivity contribution < 1.29 is 9.53 Å². The predicted octanol–water partition coefficient (Wildman–Crippen LogP) is 4.01. The van der Waals surface area contributed by atoms with Crippen molar-refractivity contribution in [2.45, 2.75) is 33.1 Å². The molecule has 0 aliphatic rings. The number of nitrogens with one attached hydrogen (secondary N) is 1. The summed E-state index contributed by atoms with van der Waals surface area (Å²) in [5, 5.41) is 3.31. The lowest BCUT2D eigenvalue weighted by Crippen LogP contribution is -2.32. The fourth-order valence-corrected chi connectivity index (χ4v) is 2.86. The van der Waals surface area contributed by atoms with Crippen LogP contribution in [0.2, 0.25) is 0 Å². The standard InChI is InChI=1S/C21H29N3O2/c1-4-13-24(14-5-2)21(25)18-10-12-23-20(16-18)22-11-9-17-7-6-8-19(15-17)26-3/h6-8,10,12,15-16H,4-5,9,11,13-14H2,1-3H3,(H,22,23). The summed E-state index contributed by atoms with van der Waals surface area (Å²) in [6.45, 7) is 6.49. The highest BCUT2D eigenvalue weighted by Crippen LogP contribution is 2.14. The van der Waals surface area contributed by atoms with Gasteiger partial charge >= 0.3 is 0 Å². The third kappa shape index (κ3) is 5.76. The van der Waals surface area contributed by atoms with Gasteiger partial charge in [-0.2, -0.15) is 0 Å². The molecule has 2 rings (SSSR count). The van der Waals surface area contributed by atoms with E-state index >= 15 is 0 Å². The van der Waals surface area contributed by atoms with E-state index in [9.17, 15) is 4.79 Å². The summed E-state index contributed by atoms with van der Waals surface area (Å²) in [5.74, 6) is 1.67. The van der Waals surface area contributed by atoms with Crippen LogP contribution in [0.25, 0.3) is 0 Å². The van der Waals surface area contributed by atoms with E-state index in [1.807, 2.05) is 29.2 Å². The highest BCUT2D eigenvalue weighted by molar-refractivity contribution is 5.94. The van der Waals surface area contributed by atoms with Crippen molar-refractivity contribution >= 4 is 11.7 Å². The first kappa shape index (κ1) is 19.8. The van der Waals surface area contributed by atoms with Gasteiger partial charge in [0.15, 0.2) is 0 Å². The van der Waals surface area contributed by atoms with Gasteiger partial charge < -0.3 is 15.0 Å². The van der Waals surface area contributed by atoms with E-state index in [4.69, 9.17) is 4.74 Å². The summed E-state index contributed by atoms with van der Waals surface area (Å²) < 4.78 is 5.25. The van der Waals surface area contributed by atoms with Crippen molar-refractivity contribution in [1.82, 2.24) is 9.88 Å². The number of ether oxygens (including phenoxy) is 1. The van der Waals surface area contributed by atoms with E-state index < -0.39 is 0 Å². The lowest BCUT2D eigenvalue weighted by Gasteiger charge is -2.21. The Balaban J connectivity index is 1.96. The molecule has 0 saturated carbocycles. The molecule has 1 aromatic heterocycles. The molecule has 26 heavy (non-hydrogen) atoms. The molecule has 0 bridgehead atoms. The molecule has 140 valence electrons. The van der Waals surface area contributed by atoms with Crippen LogP contribution in [0.15, 0.2) is 42.6 Å². The van der Waals surface area contributed by atoms with Crippen LogP contribution in [0.3, 0.4) is 0 Å². The van der Waals surface area contributed by atoms with Crippen LogP contribution >= 0.6 is 0 Å². The quantitative estimate of drug-likeness (QED) is 0.700. The zero-order chi connectivity index (χ0) is 18.8. The zero-order valence-electron chi connectivity index (χ0n) is 16.0. The number of hydrogen-bond donors (Lipinski definition) is 1. The van der Waals surface area contributed by atoms with Crippen LogP contribution in [-0.4, -0.2) is 42.5 Å². The van der Waals surface area contributed by atoms with Gasteiger partial charge in [0.2, 0.25) is 0 Å². The number of anilines is 1. The molecule has 0 atom stereocenters. The molecular formula is C21H29N3O2. The van der Waals surface area contributed by atoms with Crippen molar-refractivity contribution in [2.75, 3.05) is 32.1 Å². The second kappa shape index (κ2) is 10.4. The van der Waals surface area contributed by atoms with Crippen LogP contribution < -0.4 is 10.1 Å². The van der Waals surface area contributed by atoms with Gasteiger partial charge in [0.05, 0.1) is 7.11 Å². The van der Waals surface area contributed by atoms with Crippen molar-refractivity contribution in [2.24, 2.45) is 0 Å². The number of methoxy groups -OCH3 is 1. The summed E-state index contributed by atoms with van der Waals surface area (Å²) in [6, 6.07) is 11.7. The topological polar surface area (TPSA) is 54.5 Å². The fraction of sp³-hybridized carbons (Fsp3) is 0.429. The molecular weight excluding hydrogens is 326 g/mol. The minimum atomic E-state index is 0.0759. The Labute approximate surface area is 156 Å². The molecule has 5 heteroatoms. The number of carbonyl (C=O) groups is 1. The summed E-state index contributed by atoms with van der Waals surface area (Å²) in [5.41, 5.74) is 1.88. The molecule has 0 aliphatic heterocycles. The SMILES string of the molecule is CCCN(CCC)C(=O)c1ccnc(NCCc2cccc(OC)c2)c1. The Morgan fingerprint density at radius 1 is 1.15 bits per heavy atom. The van der Waals surface area contributed by atoms with Crippen LogP contribution in [0.1, 0.15) is 42.6 Å². The van der Waals surface area contributed by atoms with Crippen molar-refractivity contribution in [3.63, 3.8) is 0 Å². The number of amides is 1. The molecule has 1 heterocycles. The Kier molecular flexibility index (Phi) is 7.93. The Hall–Kier alpha value is -2.56. The third-order valence-corrected chi connectivity index (χ3v) is 4.14. The monoisotopic (exact) mass is 355 g/mol. The van der Waals surface area contributed by atoms with E-state index in [2.05, 4.69) is 30.2 Å². The molecule has 0 fully saturated rings. The molecule has 0 aliphatic carbocycles. The van der Waals surface area contributed by atoms with E-state index in [-0.39, 0.29) is 5.91 Å². The Morgan fingerprint density at radius 2 is 1.92 bits per heavy atom. The molecule has 0 unspecified atom stereocenters. The summed E-state index contributed by atoms with van der Waals surface area (Å²) in [6.07, 6.45) is 4.47. The van der Waals surface area contributed by atoms with Gasteiger partial charge in [-0.1, -0.05) is 26.0 Å². The Morgan fingerprint density at radius 3 is 2.62 bits per heavy atom. The van der Waals surface area contributed by atoms with Crippen LogP contribution in [0.4, 0.5) is 5.82 Å². The van der Waals surface area contributed by atoms with Gasteiger partial charge in [-0.05, 0) is 49.1 Å². The van der Waals surface area contributed by atoms with Gasteiger partial charge in [-0.25, -0.2) is 4.98 Å². The lowest BCUT2D eigenvalue weighted by atomic mass is 10.1. The first-order valence-electron chi connectivity index (χ1n) is 9.30. The van der Waals surface area contributed by atoms with Crippen molar-refractivity contribution in [1.29, 1.82) is 0 Å². The van der Waals surface area contributed by atoms with E-state index in [1.54, 1.807) is 19.4 Å². The molecule has 0 radical (unpaired) electrons. The molecule has 0 saturated heterocycles. The molecule has 1 aromatic carbocycles. The number of benzene rings is 1. The zero-order valence-corrected chi connectivity index (χ0v) is 16.0. The Bertz CT molecular complexity index is 697. The molecule has 1 amide bonds.